The third-order valence-corrected chi connectivity index (χ3v) is 4.89. The number of nitrogens with zero attached hydrogens (tertiary/aromatic N) is 2. The van der Waals surface area contributed by atoms with Crippen molar-refractivity contribution in [2.24, 2.45) is 0 Å². The Morgan fingerprint density at radius 3 is 2.40 bits per heavy atom. The van der Waals surface area contributed by atoms with E-state index in [1.807, 2.05) is 42.2 Å². The second kappa shape index (κ2) is 6.73. The minimum atomic E-state index is 0.0850. The lowest BCUT2D eigenvalue weighted by molar-refractivity contribution is 0.0628. The maximum absolute atomic E-state index is 13.0. The molecule has 0 bridgehead atoms. The summed E-state index contributed by atoms with van der Waals surface area (Å²) >= 11 is 0. The molecule has 4 heteroatoms. The van der Waals surface area contributed by atoms with Gasteiger partial charge in [0.05, 0.1) is 5.56 Å². The molecule has 2 heterocycles. The van der Waals surface area contributed by atoms with Gasteiger partial charge < -0.3 is 9.32 Å². The van der Waals surface area contributed by atoms with Gasteiger partial charge in [0.1, 0.15) is 11.3 Å². The van der Waals surface area contributed by atoms with Gasteiger partial charge >= 0.3 is 0 Å². The zero-order valence-electron chi connectivity index (χ0n) is 14.4. The second-order valence-electron chi connectivity index (χ2n) is 6.58. The largest absolute Gasteiger partial charge is 0.461 e. The Kier molecular flexibility index (Phi) is 4.28. The minimum Gasteiger partial charge on any atom is -0.461 e. The summed E-state index contributed by atoms with van der Waals surface area (Å²) in [6.07, 6.45) is 0. The third kappa shape index (κ3) is 3.17. The summed E-state index contributed by atoms with van der Waals surface area (Å²) < 4.78 is 5.75. The van der Waals surface area contributed by atoms with Crippen LogP contribution in [0, 0.1) is 6.92 Å². The lowest BCUT2D eigenvalue weighted by atomic mass is 10.1. The highest BCUT2D eigenvalue weighted by atomic mass is 16.3. The van der Waals surface area contributed by atoms with Crippen LogP contribution in [0.5, 0.6) is 0 Å². The monoisotopic (exact) mass is 334 g/mol. The predicted molar refractivity (Wildman–Crippen MR) is 98.6 cm³/mol. The summed E-state index contributed by atoms with van der Waals surface area (Å²) in [6.45, 7) is 6.12. The number of rotatable bonds is 3. The van der Waals surface area contributed by atoms with Crippen LogP contribution in [0.3, 0.4) is 0 Å². The van der Waals surface area contributed by atoms with Crippen LogP contribution in [-0.2, 0) is 6.54 Å². The van der Waals surface area contributed by atoms with Gasteiger partial charge in [0.25, 0.3) is 5.91 Å². The van der Waals surface area contributed by atoms with E-state index < -0.39 is 0 Å². The van der Waals surface area contributed by atoms with Crippen molar-refractivity contribution in [3.8, 4) is 0 Å². The van der Waals surface area contributed by atoms with Crippen LogP contribution in [0.2, 0.25) is 0 Å². The van der Waals surface area contributed by atoms with Crippen molar-refractivity contribution in [1.29, 1.82) is 0 Å². The predicted octanol–water partition coefficient (Wildman–Crippen LogP) is 3.70. The Balaban J connectivity index is 1.45. The quantitative estimate of drug-likeness (QED) is 0.733. The average molecular weight is 334 g/mol. The number of hydrogen-bond donors (Lipinski definition) is 0. The van der Waals surface area contributed by atoms with Crippen LogP contribution in [0.25, 0.3) is 11.0 Å². The Labute approximate surface area is 147 Å². The van der Waals surface area contributed by atoms with E-state index in [0.717, 1.165) is 43.7 Å². The molecule has 0 spiro atoms. The summed E-state index contributed by atoms with van der Waals surface area (Å²) in [7, 11) is 0. The molecule has 0 atom stereocenters. The highest BCUT2D eigenvalue weighted by molar-refractivity contribution is 6.07. The molecule has 1 amide bonds. The van der Waals surface area contributed by atoms with Crippen LogP contribution in [0.15, 0.2) is 59.0 Å². The SMILES string of the molecule is Cc1oc2ccccc2c1C(=O)N1CCN(Cc2ccccc2)CC1. The molecule has 0 radical (unpaired) electrons. The van der Waals surface area contributed by atoms with Gasteiger partial charge in [0.2, 0.25) is 0 Å². The molecular formula is C21H22N2O2. The van der Waals surface area contributed by atoms with Gasteiger partial charge in [-0.1, -0.05) is 48.5 Å². The number of amides is 1. The van der Waals surface area contributed by atoms with Crippen LogP contribution >= 0.6 is 0 Å². The van der Waals surface area contributed by atoms with E-state index in [1.165, 1.54) is 5.56 Å². The first-order chi connectivity index (χ1) is 12.2. The van der Waals surface area contributed by atoms with Crippen molar-refractivity contribution in [3.05, 3.63) is 71.5 Å². The molecule has 3 aromatic rings. The molecule has 25 heavy (non-hydrogen) atoms. The maximum Gasteiger partial charge on any atom is 0.258 e. The fourth-order valence-corrected chi connectivity index (χ4v) is 3.54. The molecule has 2 aromatic carbocycles. The van der Waals surface area contributed by atoms with E-state index in [0.29, 0.717) is 11.3 Å². The van der Waals surface area contributed by atoms with Gasteiger partial charge in [-0.15, -0.1) is 0 Å². The zero-order valence-corrected chi connectivity index (χ0v) is 14.4. The van der Waals surface area contributed by atoms with Crippen LogP contribution in [0.4, 0.5) is 0 Å². The Morgan fingerprint density at radius 2 is 1.64 bits per heavy atom. The van der Waals surface area contributed by atoms with Crippen molar-refractivity contribution < 1.29 is 9.21 Å². The molecule has 1 fully saturated rings. The highest BCUT2D eigenvalue weighted by Gasteiger charge is 2.26. The van der Waals surface area contributed by atoms with Crippen molar-refractivity contribution in [2.45, 2.75) is 13.5 Å². The average Bonchev–Trinajstić information content (AvgIpc) is 2.98. The first-order valence-electron chi connectivity index (χ1n) is 8.76. The summed E-state index contributed by atoms with van der Waals surface area (Å²) in [5.41, 5.74) is 2.82. The maximum atomic E-state index is 13.0. The van der Waals surface area contributed by atoms with Gasteiger partial charge in [-0.2, -0.15) is 0 Å². The van der Waals surface area contributed by atoms with Gasteiger partial charge in [-0.05, 0) is 18.6 Å². The standard InChI is InChI=1S/C21H22N2O2/c1-16-20(18-9-5-6-10-19(18)25-16)21(24)23-13-11-22(12-14-23)15-17-7-3-2-4-8-17/h2-10H,11-15H2,1H3. The Morgan fingerprint density at radius 1 is 0.960 bits per heavy atom. The number of piperazine rings is 1. The lowest BCUT2D eigenvalue weighted by Crippen LogP contribution is -2.48. The van der Waals surface area contributed by atoms with E-state index in [4.69, 9.17) is 4.42 Å². The number of benzene rings is 2. The Bertz CT molecular complexity index is 877. The molecule has 0 saturated carbocycles. The number of furan rings is 1. The van der Waals surface area contributed by atoms with E-state index in [2.05, 4.69) is 29.2 Å². The molecule has 4 rings (SSSR count). The topological polar surface area (TPSA) is 36.7 Å². The molecule has 4 nitrogen and oxygen atoms in total. The minimum absolute atomic E-state index is 0.0850. The first-order valence-corrected chi connectivity index (χ1v) is 8.76. The van der Waals surface area contributed by atoms with Gasteiger partial charge in [-0.3, -0.25) is 9.69 Å². The molecule has 128 valence electrons. The lowest BCUT2D eigenvalue weighted by Gasteiger charge is -2.34. The van der Waals surface area contributed by atoms with E-state index in [1.54, 1.807) is 0 Å². The van der Waals surface area contributed by atoms with Gasteiger partial charge in [-0.25, -0.2) is 0 Å². The molecule has 1 aliphatic heterocycles. The number of para-hydroxylation sites is 1. The summed E-state index contributed by atoms with van der Waals surface area (Å²) in [6, 6.07) is 18.2. The summed E-state index contributed by atoms with van der Waals surface area (Å²) in [4.78, 5) is 17.4. The molecule has 1 aromatic heterocycles. The van der Waals surface area contributed by atoms with E-state index in [9.17, 15) is 4.79 Å². The summed E-state index contributed by atoms with van der Waals surface area (Å²) in [5, 5.41) is 0.914. The van der Waals surface area contributed by atoms with Crippen LogP contribution in [-0.4, -0.2) is 41.9 Å². The van der Waals surface area contributed by atoms with E-state index >= 15 is 0 Å². The number of aryl methyl sites for hydroxylation is 1. The first kappa shape index (κ1) is 15.9. The Hall–Kier alpha value is -2.59. The molecule has 1 aliphatic rings. The van der Waals surface area contributed by atoms with Gasteiger partial charge in [0, 0.05) is 38.1 Å². The summed E-state index contributed by atoms with van der Waals surface area (Å²) in [5.74, 6) is 0.791. The van der Waals surface area contributed by atoms with Crippen molar-refractivity contribution in [1.82, 2.24) is 9.80 Å². The molecular weight excluding hydrogens is 312 g/mol. The molecule has 0 unspecified atom stereocenters. The fourth-order valence-electron chi connectivity index (χ4n) is 3.54. The number of fused-ring (bicyclic) bond motifs is 1. The molecule has 1 saturated heterocycles. The van der Waals surface area contributed by atoms with E-state index in [-0.39, 0.29) is 5.91 Å². The van der Waals surface area contributed by atoms with Crippen LogP contribution in [0.1, 0.15) is 21.7 Å². The third-order valence-electron chi connectivity index (χ3n) is 4.89. The highest BCUT2D eigenvalue weighted by Crippen LogP contribution is 2.26. The van der Waals surface area contributed by atoms with Gasteiger partial charge in [0.15, 0.2) is 0 Å². The number of hydrogen-bond acceptors (Lipinski definition) is 3. The normalized spacial score (nSPS) is 15.6. The van der Waals surface area contributed by atoms with Crippen molar-refractivity contribution in [3.63, 3.8) is 0 Å². The molecule has 0 aliphatic carbocycles. The number of carbonyl (C=O) groups excluding carboxylic acids is 1. The second-order valence-corrected chi connectivity index (χ2v) is 6.58. The smallest absolute Gasteiger partial charge is 0.258 e. The zero-order chi connectivity index (χ0) is 17.2. The fraction of sp³-hybridized carbons (Fsp3) is 0.286. The van der Waals surface area contributed by atoms with Crippen molar-refractivity contribution in [2.75, 3.05) is 26.2 Å². The molecule has 0 N–H and O–H groups in total. The van der Waals surface area contributed by atoms with Crippen molar-refractivity contribution >= 4 is 16.9 Å². The number of carbonyl (C=O) groups is 1. The van der Waals surface area contributed by atoms with Crippen LogP contribution < -0.4 is 0 Å².